The van der Waals surface area contributed by atoms with Crippen molar-refractivity contribution in [3.8, 4) is 5.75 Å². The zero-order valence-corrected chi connectivity index (χ0v) is 15.7. The highest BCUT2D eigenvalue weighted by Crippen LogP contribution is 2.18. The normalized spacial score (nSPS) is 10.8. The molecule has 2 amide bonds. The summed E-state index contributed by atoms with van der Waals surface area (Å²) in [6.07, 6.45) is 1.41. The van der Waals surface area contributed by atoms with E-state index in [-0.39, 0.29) is 17.6 Å². The van der Waals surface area contributed by atoms with Gasteiger partial charge in [-0.1, -0.05) is 29.8 Å². The smallest absolute Gasteiger partial charge is 0.259 e. The van der Waals surface area contributed by atoms with Crippen LogP contribution in [0, 0.1) is 0 Å². The molecule has 0 atom stereocenters. The number of carbonyl (C=O) groups excluding carboxylic acids is 2. The second-order valence-electron chi connectivity index (χ2n) is 5.77. The molecule has 0 fully saturated rings. The average Bonchev–Trinajstić information content (AvgIpc) is 2.72. The average molecular weight is 397 g/mol. The van der Waals surface area contributed by atoms with Gasteiger partial charge in [-0.25, -0.2) is 10.4 Å². The Bertz CT molecular complexity index is 1040. The van der Waals surface area contributed by atoms with Gasteiger partial charge in [-0.05, 0) is 36.4 Å². The molecule has 3 rings (SSSR count). The van der Waals surface area contributed by atoms with Crippen LogP contribution in [-0.4, -0.2) is 36.7 Å². The van der Waals surface area contributed by atoms with Gasteiger partial charge in [0, 0.05) is 16.5 Å². The van der Waals surface area contributed by atoms with Crippen LogP contribution in [0.4, 0.5) is 0 Å². The predicted molar refractivity (Wildman–Crippen MR) is 108 cm³/mol. The van der Waals surface area contributed by atoms with E-state index < -0.39 is 5.91 Å². The fourth-order valence-electron chi connectivity index (χ4n) is 2.42. The van der Waals surface area contributed by atoms with Gasteiger partial charge in [0.25, 0.3) is 11.8 Å². The number of pyridine rings is 1. The maximum atomic E-state index is 12.0. The number of hydrogen-bond donors (Lipinski definition) is 2. The lowest BCUT2D eigenvalue weighted by Gasteiger charge is -2.05. The molecule has 0 spiro atoms. The van der Waals surface area contributed by atoms with Gasteiger partial charge in [-0.2, -0.15) is 5.10 Å². The molecular formula is C20H17ClN4O3. The Balaban J connectivity index is 1.53. The lowest BCUT2D eigenvalue weighted by Crippen LogP contribution is -2.34. The zero-order chi connectivity index (χ0) is 19.9. The standard InChI is InChI=1S/C20H17ClN4O3/c1-28-16-8-6-13(7-9-16)20(27)22-12-18(26)25-23-11-15-10-14-4-2-3-5-17(14)24-19(15)21/h2-11H,12H2,1H3,(H,22,27)(H,25,26)/b23-11-. The van der Waals surface area contributed by atoms with Crippen molar-refractivity contribution in [3.63, 3.8) is 0 Å². The summed E-state index contributed by atoms with van der Waals surface area (Å²) < 4.78 is 5.03. The number of aromatic nitrogens is 1. The minimum atomic E-state index is -0.469. The number of halogens is 1. The molecule has 0 unspecified atom stereocenters. The zero-order valence-electron chi connectivity index (χ0n) is 15.0. The van der Waals surface area contributed by atoms with Crippen LogP contribution in [-0.2, 0) is 4.79 Å². The number of nitrogens with one attached hydrogen (secondary N) is 2. The first-order chi connectivity index (χ1) is 13.6. The number of benzene rings is 2. The first-order valence-electron chi connectivity index (χ1n) is 8.36. The summed E-state index contributed by atoms with van der Waals surface area (Å²) in [6.45, 7) is -0.216. The van der Waals surface area contributed by atoms with Crippen molar-refractivity contribution in [2.45, 2.75) is 0 Å². The van der Waals surface area contributed by atoms with Gasteiger partial charge < -0.3 is 10.1 Å². The summed E-state index contributed by atoms with van der Waals surface area (Å²) in [4.78, 5) is 28.2. The van der Waals surface area contributed by atoms with E-state index in [4.69, 9.17) is 16.3 Å². The van der Waals surface area contributed by atoms with Crippen LogP contribution in [0.25, 0.3) is 10.9 Å². The molecule has 0 bridgehead atoms. The summed E-state index contributed by atoms with van der Waals surface area (Å²) in [5.74, 6) is -0.197. The van der Waals surface area contributed by atoms with E-state index in [9.17, 15) is 9.59 Å². The van der Waals surface area contributed by atoms with Crippen molar-refractivity contribution in [3.05, 3.63) is 70.9 Å². The molecular weight excluding hydrogens is 380 g/mol. The summed E-state index contributed by atoms with van der Waals surface area (Å²) in [5.41, 5.74) is 4.11. The molecule has 2 aromatic carbocycles. The molecule has 28 heavy (non-hydrogen) atoms. The van der Waals surface area contributed by atoms with Crippen LogP contribution in [0.1, 0.15) is 15.9 Å². The van der Waals surface area contributed by atoms with E-state index in [0.717, 1.165) is 10.9 Å². The van der Waals surface area contributed by atoms with Crippen molar-refractivity contribution in [1.29, 1.82) is 0 Å². The summed E-state index contributed by atoms with van der Waals surface area (Å²) in [7, 11) is 1.54. The molecule has 8 heteroatoms. The van der Waals surface area contributed by atoms with E-state index >= 15 is 0 Å². The molecule has 0 aliphatic rings. The summed E-state index contributed by atoms with van der Waals surface area (Å²) in [5, 5.41) is 7.57. The largest absolute Gasteiger partial charge is 0.497 e. The third kappa shape index (κ3) is 4.83. The number of para-hydroxylation sites is 1. The first-order valence-corrected chi connectivity index (χ1v) is 8.74. The van der Waals surface area contributed by atoms with Gasteiger partial charge in [0.15, 0.2) is 0 Å². The van der Waals surface area contributed by atoms with Crippen LogP contribution >= 0.6 is 11.6 Å². The molecule has 1 aromatic heterocycles. The Hall–Kier alpha value is -3.45. The Labute approximate surface area is 166 Å². The maximum Gasteiger partial charge on any atom is 0.259 e. The lowest BCUT2D eigenvalue weighted by atomic mass is 10.2. The highest BCUT2D eigenvalue weighted by atomic mass is 35.5. The maximum absolute atomic E-state index is 12.0. The molecule has 0 aliphatic heterocycles. The topological polar surface area (TPSA) is 92.7 Å². The number of amides is 2. The number of methoxy groups -OCH3 is 1. The van der Waals surface area contributed by atoms with E-state index in [2.05, 4.69) is 20.8 Å². The lowest BCUT2D eigenvalue weighted by molar-refractivity contribution is -0.120. The van der Waals surface area contributed by atoms with Crippen LogP contribution < -0.4 is 15.5 Å². The van der Waals surface area contributed by atoms with E-state index in [1.165, 1.54) is 6.21 Å². The number of nitrogens with zero attached hydrogens (tertiary/aromatic N) is 2. The van der Waals surface area contributed by atoms with Crippen LogP contribution in [0.2, 0.25) is 5.15 Å². The molecule has 0 aliphatic carbocycles. The van der Waals surface area contributed by atoms with E-state index in [1.54, 1.807) is 31.4 Å². The molecule has 7 nitrogen and oxygen atoms in total. The molecule has 0 saturated heterocycles. The Morgan fingerprint density at radius 2 is 1.93 bits per heavy atom. The van der Waals surface area contributed by atoms with Crippen LogP contribution in [0.15, 0.2) is 59.7 Å². The second kappa shape index (κ2) is 8.96. The molecule has 2 N–H and O–H groups in total. The van der Waals surface area contributed by atoms with Gasteiger partial charge >= 0.3 is 0 Å². The summed E-state index contributed by atoms with van der Waals surface area (Å²) in [6, 6.07) is 15.9. The Kier molecular flexibility index (Phi) is 6.18. The third-order valence-electron chi connectivity index (χ3n) is 3.86. The van der Waals surface area contributed by atoms with E-state index in [1.807, 2.05) is 30.3 Å². The first kappa shape index (κ1) is 19.3. The minimum absolute atomic E-state index is 0.216. The third-order valence-corrected chi connectivity index (χ3v) is 4.16. The number of rotatable bonds is 6. The molecule has 1 heterocycles. The van der Waals surface area contributed by atoms with Crippen LogP contribution in [0.5, 0.6) is 5.75 Å². The fourth-order valence-corrected chi connectivity index (χ4v) is 2.61. The van der Waals surface area contributed by atoms with Gasteiger partial charge in [-0.15, -0.1) is 0 Å². The number of fused-ring (bicyclic) bond motifs is 1. The van der Waals surface area contributed by atoms with Crippen molar-refractivity contribution in [2.75, 3.05) is 13.7 Å². The minimum Gasteiger partial charge on any atom is -0.497 e. The van der Waals surface area contributed by atoms with Gasteiger partial charge in [0.2, 0.25) is 0 Å². The number of hydrazone groups is 1. The highest BCUT2D eigenvalue weighted by Gasteiger charge is 2.08. The number of carbonyl (C=O) groups is 2. The second-order valence-corrected chi connectivity index (χ2v) is 6.12. The number of ether oxygens (including phenoxy) is 1. The quantitative estimate of drug-likeness (QED) is 0.380. The van der Waals surface area contributed by atoms with Crippen LogP contribution in [0.3, 0.4) is 0 Å². The monoisotopic (exact) mass is 396 g/mol. The predicted octanol–water partition coefficient (Wildman–Crippen LogP) is 2.78. The van der Waals surface area contributed by atoms with E-state index in [0.29, 0.717) is 16.9 Å². The Morgan fingerprint density at radius 3 is 2.68 bits per heavy atom. The van der Waals surface area contributed by atoms with Crippen molar-refractivity contribution in [1.82, 2.24) is 15.7 Å². The molecule has 142 valence electrons. The van der Waals surface area contributed by atoms with Crippen molar-refractivity contribution < 1.29 is 14.3 Å². The molecule has 0 radical (unpaired) electrons. The van der Waals surface area contributed by atoms with Gasteiger partial charge in [0.1, 0.15) is 10.9 Å². The number of hydrogen-bond acceptors (Lipinski definition) is 5. The van der Waals surface area contributed by atoms with Crippen molar-refractivity contribution >= 4 is 40.5 Å². The fraction of sp³-hybridized carbons (Fsp3) is 0.100. The van der Waals surface area contributed by atoms with Gasteiger partial charge in [-0.3, -0.25) is 9.59 Å². The molecule has 0 saturated carbocycles. The van der Waals surface area contributed by atoms with Crippen molar-refractivity contribution in [2.24, 2.45) is 5.10 Å². The summed E-state index contributed by atoms with van der Waals surface area (Å²) >= 11 is 6.13. The molecule has 3 aromatic rings. The SMILES string of the molecule is COc1ccc(C(=O)NCC(=O)N/N=C\c2cc3ccccc3nc2Cl)cc1. The Morgan fingerprint density at radius 1 is 1.18 bits per heavy atom. The highest BCUT2D eigenvalue weighted by molar-refractivity contribution is 6.32. The van der Waals surface area contributed by atoms with Gasteiger partial charge in [0.05, 0.1) is 25.4 Å².